The molecule has 0 spiro atoms. The van der Waals surface area contributed by atoms with Gasteiger partial charge in [0, 0.05) is 5.69 Å². The highest BCUT2D eigenvalue weighted by molar-refractivity contribution is 5.52. The lowest BCUT2D eigenvalue weighted by atomic mass is 9.98. The van der Waals surface area contributed by atoms with Crippen molar-refractivity contribution in [2.75, 3.05) is 5.32 Å². The summed E-state index contributed by atoms with van der Waals surface area (Å²) in [4.78, 5) is 0. The molecule has 0 fully saturated rings. The summed E-state index contributed by atoms with van der Waals surface area (Å²) in [6.45, 7) is 6.31. The Bertz CT molecular complexity index is 572. The Morgan fingerprint density at radius 1 is 0.952 bits per heavy atom. The summed E-state index contributed by atoms with van der Waals surface area (Å²) in [6, 6.07) is 12.9. The molecule has 112 valence electrons. The average Bonchev–Trinajstić information content (AvgIpc) is 2.47. The Morgan fingerprint density at radius 2 is 1.52 bits per heavy atom. The maximum absolute atomic E-state index is 9.89. The second-order valence-corrected chi connectivity index (χ2v) is 5.51. The van der Waals surface area contributed by atoms with Crippen LogP contribution in [0.5, 0.6) is 11.5 Å². The van der Waals surface area contributed by atoms with E-state index in [0.717, 1.165) is 12.1 Å². The van der Waals surface area contributed by atoms with Gasteiger partial charge in [0.25, 0.3) is 0 Å². The molecule has 2 aromatic rings. The molecule has 0 aromatic heterocycles. The lowest BCUT2D eigenvalue weighted by Gasteiger charge is -2.18. The van der Waals surface area contributed by atoms with Gasteiger partial charge in [-0.05, 0) is 49.1 Å². The van der Waals surface area contributed by atoms with E-state index in [1.807, 2.05) is 19.1 Å². The van der Waals surface area contributed by atoms with E-state index in [-0.39, 0.29) is 17.5 Å². The van der Waals surface area contributed by atoms with Gasteiger partial charge < -0.3 is 15.5 Å². The SMILES string of the molecule is CCC(C)c1ccc(NC(C)c2c(O)cccc2O)cc1. The predicted octanol–water partition coefficient (Wildman–Crippen LogP) is 4.78. The van der Waals surface area contributed by atoms with Crippen LogP contribution in [0.4, 0.5) is 5.69 Å². The van der Waals surface area contributed by atoms with Crippen molar-refractivity contribution in [3.63, 3.8) is 0 Å². The molecule has 0 amide bonds. The maximum Gasteiger partial charge on any atom is 0.124 e. The highest BCUT2D eigenvalue weighted by Crippen LogP contribution is 2.34. The zero-order chi connectivity index (χ0) is 15.4. The smallest absolute Gasteiger partial charge is 0.124 e. The zero-order valence-corrected chi connectivity index (χ0v) is 12.8. The molecule has 2 atom stereocenters. The third-order valence-electron chi connectivity index (χ3n) is 3.97. The van der Waals surface area contributed by atoms with Crippen LogP contribution in [0.3, 0.4) is 0 Å². The Kier molecular flexibility index (Phi) is 4.73. The van der Waals surface area contributed by atoms with E-state index in [1.54, 1.807) is 18.2 Å². The van der Waals surface area contributed by atoms with Gasteiger partial charge in [0.1, 0.15) is 11.5 Å². The molecule has 2 unspecified atom stereocenters. The molecule has 0 saturated carbocycles. The molecule has 0 saturated heterocycles. The second kappa shape index (κ2) is 6.53. The van der Waals surface area contributed by atoms with Gasteiger partial charge in [0.2, 0.25) is 0 Å². The Labute approximate surface area is 126 Å². The van der Waals surface area contributed by atoms with Gasteiger partial charge in [-0.3, -0.25) is 0 Å². The minimum Gasteiger partial charge on any atom is -0.507 e. The summed E-state index contributed by atoms with van der Waals surface area (Å²) >= 11 is 0. The summed E-state index contributed by atoms with van der Waals surface area (Å²) in [5, 5.41) is 23.1. The number of benzene rings is 2. The number of hydrogen-bond donors (Lipinski definition) is 3. The van der Waals surface area contributed by atoms with Crippen LogP contribution in [0.25, 0.3) is 0 Å². The van der Waals surface area contributed by atoms with Crippen LogP contribution in [-0.4, -0.2) is 10.2 Å². The monoisotopic (exact) mass is 285 g/mol. The number of phenols is 2. The molecule has 0 aliphatic carbocycles. The lowest BCUT2D eigenvalue weighted by Crippen LogP contribution is -2.07. The normalized spacial score (nSPS) is 13.7. The summed E-state index contributed by atoms with van der Waals surface area (Å²) < 4.78 is 0. The molecule has 0 heterocycles. The van der Waals surface area contributed by atoms with Crippen molar-refractivity contribution in [1.82, 2.24) is 0 Å². The van der Waals surface area contributed by atoms with Crippen LogP contribution in [0.1, 0.15) is 50.3 Å². The van der Waals surface area contributed by atoms with Crippen LogP contribution in [0.2, 0.25) is 0 Å². The van der Waals surface area contributed by atoms with E-state index in [4.69, 9.17) is 0 Å². The summed E-state index contributed by atoms with van der Waals surface area (Å²) in [6.07, 6.45) is 1.12. The lowest BCUT2D eigenvalue weighted by molar-refractivity contribution is 0.434. The minimum atomic E-state index is -0.180. The second-order valence-electron chi connectivity index (χ2n) is 5.51. The van der Waals surface area contributed by atoms with E-state index >= 15 is 0 Å². The minimum absolute atomic E-state index is 0.103. The molecular weight excluding hydrogens is 262 g/mol. The predicted molar refractivity (Wildman–Crippen MR) is 87.0 cm³/mol. The Morgan fingerprint density at radius 3 is 2.05 bits per heavy atom. The van der Waals surface area contributed by atoms with Crippen molar-refractivity contribution in [3.8, 4) is 11.5 Å². The van der Waals surface area contributed by atoms with Crippen molar-refractivity contribution in [3.05, 3.63) is 53.6 Å². The van der Waals surface area contributed by atoms with Crippen LogP contribution in [0.15, 0.2) is 42.5 Å². The van der Waals surface area contributed by atoms with Crippen LogP contribution < -0.4 is 5.32 Å². The highest BCUT2D eigenvalue weighted by Gasteiger charge is 2.14. The Hall–Kier alpha value is -2.16. The molecular formula is C18H23NO2. The molecule has 2 aromatic carbocycles. The van der Waals surface area contributed by atoms with Gasteiger partial charge in [-0.1, -0.05) is 32.0 Å². The Balaban J connectivity index is 2.14. The standard InChI is InChI=1S/C18H23NO2/c1-4-12(2)14-8-10-15(11-9-14)19-13(3)18-16(20)6-5-7-17(18)21/h5-13,19-21H,4H2,1-3H3. The van der Waals surface area contributed by atoms with Crippen molar-refractivity contribution < 1.29 is 10.2 Å². The fourth-order valence-electron chi connectivity index (χ4n) is 2.45. The van der Waals surface area contributed by atoms with E-state index in [0.29, 0.717) is 11.5 Å². The third-order valence-corrected chi connectivity index (χ3v) is 3.97. The first-order valence-corrected chi connectivity index (χ1v) is 7.40. The van der Waals surface area contributed by atoms with Gasteiger partial charge in [-0.15, -0.1) is 0 Å². The number of hydrogen-bond acceptors (Lipinski definition) is 3. The fourth-order valence-corrected chi connectivity index (χ4v) is 2.45. The maximum atomic E-state index is 9.89. The number of rotatable bonds is 5. The molecule has 2 rings (SSSR count). The summed E-state index contributed by atoms with van der Waals surface area (Å²) in [7, 11) is 0. The first-order valence-electron chi connectivity index (χ1n) is 7.40. The summed E-state index contributed by atoms with van der Waals surface area (Å²) in [5.41, 5.74) is 2.81. The first kappa shape index (κ1) is 15.2. The molecule has 3 N–H and O–H groups in total. The molecule has 21 heavy (non-hydrogen) atoms. The van der Waals surface area contributed by atoms with E-state index in [9.17, 15) is 10.2 Å². The van der Waals surface area contributed by atoms with E-state index < -0.39 is 0 Å². The molecule has 0 aliphatic heterocycles. The van der Waals surface area contributed by atoms with Crippen LogP contribution in [-0.2, 0) is 0 Å². The number of aromatic hydroxyl groups is 2. The molecule has 3 heteroatoms. The molecule has 3 nitrogen and oxygen atoms in total. The van der Waals surface area contributed by atoms with E-state index in [1.165, 1.54) is 5.56 Å². The van der Waals surface area contributed by atoms with Gasteiger partial charge >= 0.3 is 0 Å². The van der Waals surface area contributed by atoms with Crippen molar-refractivity contribution in [2.24, 2.45) is 0 Å². The van der Waals surface area contributed by atoms with Gasteiger partial charge in [0.05, 0.1) is 11.6 Å². The van der Waals surface area contributed by atoms with Crippen molar-refractivity contribution >= 4 is 5.69 Å². The number of anilines is 1. The average molecular weight is 285 g/mol. The molecule has 0 bridgehead atoms. The quantitative estimate of drug-likeness (QED) is 0.740. The first-order chi connectivity index (χ1) is 10.0. The van der Waals surface area contributed by atoms with Crippen molar-refractivity contribution in [2.45, 2.75) is 39.2 Å². The van der Waals surface area contributed by atoms with Gasteiger partial charge in [-0.25, -0.2) is 0 Å². The van der Waals surface area contributed by atoms with E-state index in [2.05, 4.69) is 31.3 Å². The number of phenolic OH excluding ortho intramolecular Hbond substituents is 2. The fraction of sp³-hybridized carbons (Fsp3) is 0.333. The highest BCUT2D eigenvalue weighted by atomic mass is 16.3. The molecule has 0 aliphatic rings. The van der Waals surface area contributed by atoms with Crippen molar-refractivity contribution in [1.29, 1.82) is 0 Å². The zero-order valence-electron chi connectivity index (χ0n) is 12.8. The largest absolute Gasteiger partial charge is 0.507 e. The third kappa shape index (κ3) is 3.48. The van der Waals surface area contributed by atoms with Crippen LogP contribution in [0, 0.1) is 0 Å². The van der Waals surface area contributed by atoms with Gasteiger partial charge in [-0.2, -0.15) is 0 Å². The number of nitrogens with one attached hydrogen (secondary N) is 1. The summed E-state index contributed by atoms with van der Waals surface area (Å²) in [5.74, 6) is 0.760. The molecule has 0 radical (unpaired) electrons. The topological polar surface area (TPSA) is 52.5 Å². The van der Waals surface area contributed by atoms with Crippen LogP contribution >= 0.6 is 0 Å². The van der Waals surface area contributed by atoms with Gasteiger partial charge in [0.15, 0.2) is 0 Å².